The average Bonchev–Trinajstić information content (AvgIpc) is 2.29. The summed E-state index contributed by atoms with van der Waals surface area (Å²) < 4.78 is 4.69. The molecule has 2 N–H and O–H groups in total. The average molecular weight is 264 g/mol. The third-order valence-electron chi connectivity index (χ3n) is 1.93. The largest absolute Gasteiger partial charge is 0.450 e. The van der Waals surface area contributed by atoms with Gasteiger partial charge in [-0.2, -0.15) is 0 Å². The van der Waals surface area contributed by atoms with Crippen LogP contribution in [0.2, 0.25) is 0 Å². The molecule has 18 heavy (non-hydrogen) atoms. The normalized spacial score (nSPS) is 11.4. The van der Waals surface area contributed by atoms with Crippen molar-refractivity contribution in [2.45, 2.75) is 25.8 Å². The Kier molecular flexibility index (Phi) is 8.20. The molecule has 0 bridgehead atoms. The SMILES string of the molecule is CC(=O)C(CO)NC(=O)OCCCCO[N+](=O)[O-]. The van der Waals surface area contributed by atoms with E-state index in [2.05, 4.69) is 10.2 Å². The van der Waals surface area contributed by atoms with Gasteiger partial charge < -0.3 is 20.0 Å². The maximum Gasteiger partial charge on any atom is 0.407 e. The first kappa shape index (κ1) is 16.1. The maximum absolute atomic E-state index is 11.1. The summed E-state index contributed by atoms with van der Waals surface area (Å²) in [5.41, 5.74) is 0. The number of unbranched alkanes of at least 4 members (excludes halogenated alkanes) is 1. The number of alkyl carbamates (subject to hydrolysis) is 1. The minimum atomic E-state index is -0.977. The number of rotatable bonds is 9. The number of hydrogen-bond donors (Lipinski definition) is 2. The molecule has 0 aromatic rings. The predicted molar refractivity (Wildman–Crippen MR) is 58.2 cm³/mol. The van der Waals surface area contributed by atoms with Crippen molar-refractivity contribution in [3.63, 3.8) is 0 Å². The zero-order valence-corrected chi connectivity index (χ0v) is 9.96. The van der Waals surface area contributed by atoms with Crippen LogP contribution in [0.5, 0.6) is 0 Å². The molecule has 1 atom stereocenters. The number of ketones is 1. The molecular weight excluding hydrogens is 248 g/mol. The van der Waals surface area contributed by atoms with Gasteiger partial charge in [0.25, 0.3) is 5.09 Å². The van der Waals surface area contributed by atoms with E-state index >= 15 is 0 Å². The van der Waals surface area contributed by atoms with Crippen LogP contribution in [0, 0.1) is 10.1 Å². The number of carbonyl (C=O) groups is 2. The van der Waals surface area contributed by atoms with Gasteiger partial charge in [-0.05, 0) is 19.8 Å². The van der Waals surface area contributed by atoms with Gasteiger partial charge in [0.15, 0.2) is 5.78 Å². The second-order valence-corrected chi connectivity index (χ2v) is 3.39. The number of nitrogens with one attached hydrogen (secondary N) is 1. The van der Waals surface area contributed by atoms with E-state index < -0.39 is 23.8 Å². The molecule has 0 saturated carbocycles. The summed E-state index contributed by atoms with van der Waals surface area (Å²) in [6.07, 6.45) is -0.0605. The first-order valence-electron chi connectivity index (χ1n) is 5.29. The Bertz CT molecular complexity index is 295. The summed E-state index contributed by atoms with van der Waals surface area (Å²) in [5, 5.41) is 19.8. The molecular formula is C9H16N2O7. The number of hydrogen-bond acceptors (Lipinski definition) is 7. The van der Waals surface area contributed by atoms with Crippen LogP contribution in [0.25, 0.3) is 0 Å². The van der Waals surface area contributed by atoms with Crippen molar-refractivity contribution in [3.05, 3.63) is 10.1 Å². The summed E-state index contributed by atoms with van der Waals surface area (Å²) in [7, 11) is 0. The Morgan fingerprint density at radius 3 is 2.50 bits per heavy atom. The number of Topliss-reactive ketones (excluding diaryl/α,β-unsaturated/α-hetero) is 1. The lowest BCUT2D eigenvalue weighted by Crippen LogP contribution is -2.42. The molecule has 0 rings (SSSR count). The molecule has 0 heterocycles. The minimum absolute atomic E-state index is 0.0446. The van der Waals surface area contributed by atoms with Crippen LogP contribution >= 0.6 is 0 Å². The topological polar surface area (TPSA) is 128 Å². The molecule has 0 radical (unpaired) electrons. The molecule has 104 valence electrons. The van der Waals surface area contributed by atoms with Crippen molar-refractivity contribution in [1.82, 2.24) is 5.32 Å². The molecule has 0 aliphatic carbocycles. The Hall–Kier alpha value is -1.90. The van der Waals surface area contributed by atoms with Crippen LogP contribution in [0.4, 0.5) is 4.79 Å². The van der Waals surface area contributed by atoms with Crippen molar-refractivity contribution in [2.24, 2.45) is 0 Å². The van der Waals surface area contributed by atoms with E-state index in [1.807, 2.05) is 0 Å². The molecule has 0 fully saturated rings. The van der Waals surface area contributed by atoms with E-state index in [0.717, 1.165) is 0 Å². The van der Waals surface area contributed by atoms with Crippen molar-refractivity contribution < 1.29 is 29.4 Å². The zero-order chi connectivity index (χ0) is 14.0. The predicted octanol–water partition coefficient (Wildman–Crippen LogP) is -0.349. The van der Waals surface area contributed by atoms with E-state index in [-0.39, 0.29) is 19.0 Å². The van der Waals surface area contributed by atoms with Crippen LogP contribution in [-0.2, 0) is 14.4 Å². The van der Waals surface area contributed by atoms with E-state index in [0.29, 0.717) is 12.8 Å². The second-order valence-electron chi connectivity index (χ2n) is 3.39. The highest BCUT2D eigenvalue weighted by Gasteiger charge is 2.16. The number of ether oxygens (including phenoxy) is 1. The lowest BCUT2D eigenvalue weighted by atomic mass is 10.2. The number of carbonyl (C=O) groups excluding carboxylic acids is 2. The first-order valence-corrected chi connectivity index (χ1v) is 5.29. The second kappa shape index (κ2) is 9.16. The Labute approximate surface area is 103 Å². The minimum Gasteiger partial charge on any atom is -0.450 e. The van der Waals surface area contributed by atoms with Crippen LogP contribution < -0.4 is 5.32 Å². The highest BCUT2D eigenvalue weighted by molar-refractivity contribution is 5.85. The fraction of sp³-hybridized carbons (Fsp3) is 0.778. The van der Waals surface area contributed by atoms with Crippen molar-refractivity contribution in [1.29, 1.82) is 0 Å². The summed E-state index contributed by atoms with van der Waals surface area (Å²) in [5.74, 6) is -0.381. The van der Waals surface area contributed by atoms with Crippen molar-refractivity contribution in [2.75, 3.05) is 19.8 Å². The highest BCUT2D eigenvalue weighted by Crippen LogP contribution is 1.93. The monoisotopic (exact) mass is 264 g/mol. The molecule has 1 unspecified atom stereocenters. The Morgan fingerprint density at radius 1 is 1.39 bits per heavy atom. The third-order valence-corrected chi connectivity index (χ3v) is 1.93. The molecule has 0 aliphatic rings. The molecule has 0 aliphatic heterocycles. The van der Waals surface area contributed by atoms with E-state index in [9.17, 15) is 19.7 Å². The zero-order valence-electron chi connectivity index (χ0n) is 9.96. The molecule has 9 heteroatoms. The van der Waals surface area contributed by atoms with Crippen LogP contribution in [-0.4, -0.2) is 47.9 Å². The third kappa shape index (κ3) is 8.28. The van der Waals surface area contributed by atoms with Gasteiger partial charge in [0.05, 0.1) is 19.8 Å². The van der Waals surface area contributed by atoms with Gasteiger partial charge in [-0.1, -0.05) is 0 Å². The van der Waals surface area contributed by atoms with Gasteiger partial charge in [0, 0.05) is 0 Å². The van der Waals surface area contributed by atoms with Gasteiger partial charge >= 0.3 is 6.09 Å². The quantitative estimate of drug-likeness (QED) is 0.331. The summed E-state index contributed by atoms with van der Waals surface area (Å²) >= 11 is 0. The lowest BCUT2D eigenvalue weighted by molar-refractivity contribution is -0.757. The van der Waals surface area contributed by atoms with Crippen LogP contribution in [0.15, 0.2) is 0 Å². The van der Waals surface area contributed by atoms with E-state index in [1.165, 1.54) is 6.92 Å². The summed E-state index contributed by atoms with van der Waals surface area (Å²) in [4.78, 5) is 35.8. The van der Waals surface area contributed by atoms with Crippen molar-refractivity contribution >= 4 is 11.9 Å². The molecule has 0 aromatic carbocycles. The first-order chi connectivity index (χ1) is 8.47. The summed E-state index contributed by atoms with van der Waals surface area (Å²) in [6.45, 7) is 0.713. The smallest absolute Gasteiger partial charge is 0.407 e. The van der Waals surface area contributed by atoms with E-state index in [1.54, 1.807) is 0 Å². The van der Waals surface area contributed by atoms with Gasteiger partial charge in [0.1, 0.15) is 6.04 Å². The van der Waals surface area contributed by atoms with Gasteiger partial charge in [-0.3, -0.25) is 4.79 Å². The maximum atomic E-state index is 11.1. The molecule has 0 aromatic heterocycles. The van der Waals surface area contributed by atoms with Gasteiger partial charge in [0.2, 0.25) is 0 Å². The molecule has 1 amide bonds. The molecule has 0 saturated heterocycles. The van der Waals surface area contributed by atoms with Crippen LogP contribution in [0.1, 0.15) is 19.8 Å². The van der Waals surface area contributed by atoms with Gasteiger partial charge in [-0.25, -0.2) is 4.79 Å². The lowest BCUT2D eigenvalue weighted by Gasteiger charge is -2.12. The van der Waals surface area contributed by atoms with Crippen molar-refractivity contribution in [3.8, 4) is 0 Å². The Balaban J connectivity index is 3.59. The molecule has 9 nitrogen and oxygen atoms in total. The number of nitrogens with zero attached hydrogens (tertiary/aromatic N) is 1. The number of aliphatic hydroxyl groups excluding tert-OH is 1. The Morgan fingerprint density at radius 2 is 2.00 bits per heavy atom. The van der Waals surface area contributed by atoms with E-state index in [4.69, 9.17) is 9.84 Å². The van der Waals surface area contributed by atoms with Crippen LogP contribution in [0.3, 0.4) is 0 Å². The molecule has 0 spiro atoms. The summed E-state index contributed by atoms with van der Waals surface area (Å²) in [6, 6.07) is -0.977. The van der Waals surface area contributed by atoms with Gasteiger partial charge in [-0.15, -0.1) is 10.1 Å². The number of amides is 1. The highest BCUT2D eigenvalue weighted by atomic mass is 16.9. The fourth-order valence-corrected chi connectivity index (χ4v) is 0.968. The standard InChI is InChI=1S/C9H16N2O7/c1-7(13)8(6-12)10-9(14)17-4-2-3-5-18-11(15)16/h8,12H,2-6H2,1H3,(H,10,14). The number of aliphatic hydroxyl groups is 1. The fourth-order valence-electron chi connectivity index (χ4n) is 0.968.